The molecule has 0 aromatic heterocycles. The van der Waals surface area contributed by atoms with E-state index in [-0.39, 0.29) is 17.4 Å². The molecule has 0 aliphatic heterocycles. The maximum absolute atomic E-state index is 10.2. The second-order valence-corrected chi connectivity index (χ2v) is 8.90. The molecular weight excluding hydrogens is 356 g/mol. The Morgan fingerprint density at radius 2 is 1.52 bits per heavy atom. The summed E-state index contributed by atoms with van der Waals surface area (Å²) in [5, 5.41) is 10.8. The normalized spacial score (nSPS) is 13.5. The number of rotatable bonds is 7. The molecule has 0 radical (unpaired) electrons. The number of ether oxygens (including phenoxy) is 1. The van der Waals surface area contributed by atoms with Gasteiger partial charge in [-0.3, -0.25) is 0 Å². The average molecular weight is 389 g/mol. The SMILES string of the molecule is CCC(CC)(c1ccc(C)cc1)c1ccc(OCC(O)C(C)(C)C)c(Cl)c1. The summed E-state index contributed by atoms with van der Waals surface area (Å²) in [6.07, 6.45) is 1.43. The molecule has 27 heavy (non-hydrogen) atoms. The van der Waals surface area contributed by atoms with Gasteiger partial charge in [0.2, 0.25) is 0 Å². The van der Waals surface area contributed by atoms with E-state index in [0.717, 1.165) is 12.8 Å². The van der Waals surface area contributed by atoms with E-state index in [1.807, 2.05) is 32.9 Å². The number of halogens is 1. The number of aliphatic hydroxyl groups is 1. The van der Waals surface area contributed by atoms with Crippen LogP contribution in [0.3, 0.4) is 0 Å². The van der Waals surface area contributed by atoms with E-state index in [1.165, 1.54) is 16.7 Å². The van der Waals surface area contributed by atoms with E-state index >= 15 is 0 Å². The molecule has 0 aliphatic rings. The van der Waals surface area contributed by atoms with E-state index in [4.69, 9.17) is 16.3 Å². The molecule has 0 spiro atoms. The highest BCUT2D eigenvalue weighted by Crippen LogP contribution is 2.41. The zero-order chi connectivity index (χ0) is 20.2. The van der Waals surface area contributed by atoms with Crippen LogP contribution in [0.4, 0.5) is 0 Å². The molecule has 0 bridgehead atoms. The van der Waals surface area contributed by atoms with Crippen molar-refractivity contribution >= 4 is 11.6 Å². The van der Waals surface area contributed by atoms with Crippen LogP contribution in [-0.2, 0) is 5.41 Å². The Balaban J connectivity index is 2.31. The Morgan fingerprint density at radius 3 is 2.00 bits per heavy atom. The van der Waals surface area contributed by atoms with Gasteiger partial charge in [0, 0.05) is 5.41 Å². The molecule has 2 aromatic rings. The fraction of sp³-hybridized carbons (Fsp3) is 0.500. The molecule has 0 fully saturated rings. The van der Waals surface area contributed by atoms with Crippen molar-refractivity contribution in [2.75, 3.05) is 6.61 Å². The van der Waals surface area contributed by atoms with Crippen LogP contribution in [0.5, 0.6) is 5.75 Å². The molecule has 0 aliphatic carbocycles. The van der Waals surface area contributed by atoms with Gasteiger partial charge in [-0.2, -0.15) is 0 Å². The third-order valence-electron chi connectivity index (χ3n) is 5.69. The van der Waals surface area contributed by atoms with Gasteiger partial charge < -0.3 is 9.84 Å². The van der Waals surface area contributed by atoms with Crippen molar-refractivity contribution in [3.05, 3.63) is 64.2 Å². The first-order chi connectivity index (χ1) is 12.6. The summed E-state index contributed by atoms with van der Waals surface area (Å²) in [5.74, 6) is 0.619. The van der Waals surface area contributed by atoms with Crippen molar-refractivity contribution in [1.29, 1.82) is 0 Å². The predicted octanol–water partition coefficient (Wildman–Crippen LogP) is 6.54. The lowest BCUT2D eigenvalue weighted by Crippen LogP contribution is -2.32. The average Bonchev–Trinajstić information content (AvgIpc) is 2.62. The minimum absolute atomic E-state index is 0.0687. The standard InChI is InChI=1S/C24H33ClO2/c1-7-24(8-2,18-11-9-17(3)10-12-18)19-13-14-21(20(25)15-19)27-16-22(26)23(4,5)6/h9-15,22,26H,7-8,16H2,1-6H3. The molecule has 1 unspecified atom stereocenters. The molecule has 3 heteroatoms. The van der Waals surface area contributed by atoms with Crippen LogP contribution in [0.1, 0.15) is 64.2 Å². The second kappa shape index (κ2) is 8.67. The molecule has 148 valence electrons. The number of hydrogen-bond acceptors (Lipinski definition) is 2. The third kappa shape index (κ3) is 4.86. The number of aliphatic hydroxyl groups excluding tert-OH is 1. The fourth-order valence-corrected chi connectivity index (χ4v) is 3.68. The molecule has 0 heterocycles. The van der Waals surface area contributed by atoms with Crippen molar-refractivity contribution in [1.82, 2.24) is 0 Å². The Morgan fingerprint density at radius 1 is 0.963 bits per heavy atom. The molecule has 2 nitrogen and oxygen atoms in total. The van der Waals surface area contributed by atoms with Crippen LogP contribution >= 0.6 is 11.6 Å². The van der Waals surface area contributed by atoms with E-state index in [9.17, 15) is 5.11 Å². The van der Waals surface area contributed by atoms with Gasteiger partial charge in [-0.25, -0.2) is 0 Å². The Bertz CT molecular complexity index is 740. The quantitative estimate of drug-likeness (QED) is 0.583. The molecule has 2 rings (SSSR count). The molecular formula is C24H33ClO2. The zero-order valence-corrected chi connectivity index (χ0v) is 18.2. The van der Waals surface area contributed by atoms with Gasteiger partial charge in [0.1, 0.15) is 12.4 Å². The maximum Gasteiger partial charge on any atom is 0.138 e. The minimum atomic E-state index is -0.550. The summed E-state index contributed by atoms with van der Waals surface area (Å²) >= 11 is 6.55. The zero-order valence-electron chi connectivity index (χ0n) is 17.5. The van der Waals surface area contributed by atoms with Crippen molar-refractivity contribution in [2.45, 2.75) is 65.9 Å². The lowest BCUT2D eigenvalue weighted by Gasteiger charge is -2.34. The predicted molar refractivity (Wildman–Crippen MR) is 115 cm³/mol. The molecule has 0 saturated carbocycles. The summed E-state index contributed by atoms with van der Waals surface area (Å²) in [6.45, 7) is 12.8. The van der Waals surface area contributed by atoms with Gasteiger partial charge in [0.25, 0.3) is 0 Å². The van der Waals surface area contributed by atoms with E-state index in [0.29, 0.717) is 10.8 Å². The van der Waals surface area contributed by atoms with Crippen molar-refractivity contribution in [3.8, 4) is 5.75 Å². The highest BCUT2D eigenvalue weighted by molar-refractivity contribution is 6.32. The maximum atomic E-state index is 10.2. The summed E-state index contributed by atoms with van der Waals surface area (Å²) in [6, 6.07) is 14.8. The van der Waals surface area contributed by atoms with E-state index in [1.54, 1.807) is 0 Å². The number of aryl methyl sites for hydroxylation is 1. The lowest BCUT2D eigenvalue weighted by molar-refractivity contribution is 0.0218. The summed E-state index contributed by atoms with van der Waals surface area (Å²) < 4.78 is 5.80. The summed E-state index contributed by atoms with van der Waals surface area (Å²) in [7, 11) is 0. The Labute approximate surface area is 169 Å². The Hall–Kier alpha value is -1.51. The largest absolute Gasteiger partial charge is 0.489 e. The van der Waals surface area contributed by atoms with Gasteiger partial charge in [0.05, 0.1) is 11.1 Å². The first-order valence-electron chi connectivity index (χ1n) is 9.82. The van der Waals surface area contributed by atoms with Crippen LogP contribution < -0.4 is 4.74 Å². The molecule has 2 aromatic carbocycles. The lowest BCUT2D eigenvalue weighted by atomic mass is 9.70. The highest BCUT2D eigenvalue weighted by atomic mass is 35.5. The van der Waals surface area contributed by atoms with Crippen LogP contribution in [-0.4, -0.2) is 17.8 Å². The van der Waals surface area contributed by atoms with Gasteiger partial charge in [-0.1, -0.05) is 82.1 Å². The molecule has 0 amide bonds. The van der Waals surface area contributed by atoms with Crippen LogP contribution in [0.25, 0.3) is 0 Å². The summed E-state index contributed by atoms with van der Waals surface area (Å²) in [5.41, 5.74) is 3.48. The van der Waals surface area contributed by atoms with Gasteiger partial charge in [-0.05, 0) is 48.4 Å². The molecule has 1 N–H and O–H groups in total. The number of benzene rings is 2. The minimum Gasteiger partial charge on any atom is -0.489 e. The van der Waals surface area contributed by atoms with Gasteiger partial charge in [-0.15, -0.1) is 0 Å². The van der Waals surface area contributed by atoms with E-state index in [2.05, 4.69) is 51.1 Å². The first kappa shape index (κ1) is 21.8. The summed E-state index contributed by atoms with van der Waals surface area (Å²) in [4.78, 5) is 0. The van der Waals surface area contributed by atoms with Crippen LogP contribution in [0.15, 0.2) is 42.5 Å². The first-order valence-corrected chi connectivity index (χ1v) is 10.2. The van der Waals surface area contributed by atoms with Crippen molar-refractivity contribution in [3.63, 3.8) is 0 Å². The van der Waals surface area contributed by atoms with Gasteiger partial charge >= 0.3 is 0 Å². The molecule has 0 saturated heterocycles. The van der Waals surface area contributed by atoms with Gasteiger partial charge in [0.15, 0.2) is 0 Å². The van der Waals surface area contributed by atoms with Crippen LogP contribution in [0, 0.1) is 12.3 Å². The Kier molecular flexibility index (Phi) is 6.99. The van der Waals surface area contributed by atoms with E-state index < -0.39 is 6.10 Å². The van der Waals surface area contributed by atoms with Crippen molar-refractivity contribution in [2.24, 2.45) is 5.41 Å². The smallest absolute Gasteiger partial charge is 0.138 e. The third-order valence-corrected chi connectivity index (χ3v) is 5.99. The fourth-order valence-electron chi connectivity index (χ4n) is 3.44. The number of hydrogen-bond donors (Lipinski definition) is 1. The monoisotopic (exact) mass is 388 g/mol. The highest BCUT2D eigenvalue weighted by Gasteiger charge is 2.31. The van der Waals surface area contributed by atoms with Crippen LogP contribution in [0.2, 0.25) is 5.02 Å². The second-order valence-electron chi connectivity index (χ2n) is 8.49. The molecule has 1 atom stereocenters. The topological polar surface area (TPSA) is 29.5 Å². The van der Waals surface area contributed by atoms with Crippen molar-refractivity contribution < 1.29 is 9.84 Å².